The maximum absolute atomic E-state index is 12.1. The summed E-state index contributed by atoms with van der Waals surface area (Å²) in [5.41, 5.74) is 2.80. The van der Waals surface area contributed by atoms with E-state index >= 15 is 0 Å². The molecule has 1 aliphatic carbocycles. The summed E-state index contributed by atoms with van der Waals surface area (Å²) in [6, 6.07) is 11.7. The lowest BCUT2D eigenvalue weighted by atomic mass is 10.3. The van der Waals surface area contributed by atoms with Crippen LogP contribution in [0.1, 0.15) is 30.1 Å². The first kappa shape index (κ1) is 13.8. The lowest BCUT2D eigenvalue weighted by molar-refractivity contribution is -0.115. The molecule has 0 atom stereocenters. The highest BCUT2D eigenvalue weighted by Gasteiger charge is 2.25. The number of aromatic amines is 1. The molecular formula is C17H17N5O. The number of benzene rings is 1. The second-order valence-corrected chi connectivity index (χ2v) is 5.77. The Bertz CT molecular complexity index is 816. The Hall–Kier alpha value is -2.89. The van der Waals surface area contributed by atoms with Crippen LogP contribution in [0.5, 0.6) is 0 Å². The van der Waals surface area contributed by atoms with Crippen LogP contribution in [0.4, 0.5) is 5.95 Å². The fourth-order valence-electron chi connectivity index (χ4n) is 2.52. The Morgan fingerprint density at radius 2 is 2.09 bits per heavy atom. The molecule has 2 heterocycles. The predicted molar refractivity (Wildman–Crippen MR) is 86.5 cm³/mol. The van der Waals surface area contributed by atoms with Gasteiger partial charge in [0.1, 0.15) is 0 Å². The van der Waals surface area contributed by atoms with Gasteiger partial charge in [0.05, 0.1) is 24.0 Å². The molecule has 0 unspecified atom stereocenters. The summed E-state index contributed by atoms with van der Waals surface area (Å²) >= 11 is 0. The van der Waals surface area contributed by atoms with Gasteiger partial charge in [-0.3, -0.25) is 10.1 Å². The molecule has 1 aliphatic rings. The van der Waals surface area contributed by atoms with Gasteiger partial charge >= 0.3 is 0 Å². The molecule has 6 heteroatoms. The minimum absolute atomic E-state index is 0.125. The molecule has 0 saturated heterocycles. The van der Waals surface area contributed by atoms with Gasteiger partial charge in [-0.2, -0.15) is 5.10 Å². The van der Waals surface area contributed by atoms with Crippen LogP contribution in [0.3, 0.4) is 0 Å². The number of nitrogens with zero attached hydrogens (tertiary/aromatic N) is 3. The Morgan fingerprint density at radius 1 is 1.26 bits per heavy atom. The van der Waals surface area contributed by atoms with Gasteiger partial charge in [-0.15, -0.1) is 0 Å². The van der Waals surface area contributed by atoms with Gasteiger partial charge in [0.25, 0.3) is 0 Å². The van der Waals surface area contributed by atoms with E-state index in [4.69, 9.17) is 0 Å². The first-order valence-electron chi connectivity index (χ1n) is 7.72. The molecule has 1 aromatic carbocycles. The molecular weight excluding hydrogens is 290 g/mol. The maximum atomic E-state index is 12.1. The normalized spacial score (nSPS) is 13.9. The van der Waals surface area contributed by atoms with Crippen molar-refractivity contribution in [3.63, 3.8) is 0 Å². The van der Waals surface area contributed by atoms with E-state index in [9.17, 15) is 4.79 Å². The first-order chi connectivity index (χ1) is 11.3. The van der Waals surface area contributed by atoms with Crippen molar-refractivity contribution in [2.45, 2.75) is 25.2 Å². The highest BCUT2D eigenvalue weighted by atomic mass is 16.1. The van der Waals surface area contributed by atoms with E-state index < -0.39 is 0 Å². The zero-order valence-electron chi connectivity index (χ0n) is 12.6. The van der Waals surface area contributed by atoms with Crippen LogP contribution in [-0.4, -0.2) is 25.7 Å². The van der Waals surface area contributed by atoms with Crippen LogP contribution in [0, 0.1) is 0 Å². The number of hydrogen-bond acceptors (Lipinski definition) is 3. The van der Waals surface area contributed by atoms with Gasteiger partial charge in [-0.25, -0.2) is 9.67 Å². The second-order valence-electron chi connectivity index (χ2n) is 5.77. The van der Waals surface area contributed by atoms with Crippen molar-refractivity contribution in [3.8, 4) is 5.69 Å². The Labute approximate surface area is 133 Å². The summed E-state index contributed by atoms with van der Waals surface area (Å²) in [6.45, 7) is 0. The van der Waals surface area contributed by atoms with Crippen LogP contribution >= 0.6 is 0 Å². The topological polar surface area (TPSA) is 75.6 Å². The number of hydrogen-bond donors (Lipinski definition) is 2. The summed E-state index contributed by atoms with van der Waals surface area (Å²) < 4.78 is 1.76. The summed E-state index contributed by atoms with van der Waals surface area (Å²) in [4.78, 5) is 19.5. The fourth-order valence-corrected chi connectivity index (χ4v) is 2.52. The number of aromatic nitrogens is 4. The molecule has 1 fully saturated rings. The fraction of sp³-hybridized carbons (Fsp3) is 0.235. The van der Waals surface area contributed by atoms with Gasteiger partial charge in [0.2, 0.25) is 11.9 Å². The summed E-state index contributed by atoms with van der Waals surface area (Å²) in [7, 11) is 0. The van der Waals surface area contributed by atoms with Crippen LogP contribution in [0.15, 0.2) is 48.8 Å². The third-order valence-electron chi connectivity index (χ3n) is 3.88. The molecule has 2 aromatic heterocycles. The number of anilines is 1. The molecule has 1 amide bonds. The number of rotatable bonds is 5. The number of imidazole rings is 1. The Balaban J connectivity index is 1.39. The molecule has 0 bridgehead atoms. The SMILES string of the molecule is O=C(Cc1ccn(-c2ccccc2)n1)Nc1ncc(C2CC2)[nH]1. The number of carbonyl (C=O) groups is 1. The maximum Gasteiger partial charge on any atom is 0.232 e. The van der Waals surface area contributed by atoms with Gasteiger partial charge < -0.3 is 4.98 Å². The number of carbonyl (C=O) groups excluding carboxylic acids is 1. The quantitative estimate of drug-likeness (QED) is 0.761. The Kier molecular flexibility index (Phi) is 3.42. The molecule has 0 radical (unpaired) electrons. The van der Waals surface area contributed by atoms with Crippen LogP contribution in [0.25, 0.3) is 5.69 Å². The minimum Gasteiger partial charge on any atom is -0.328 e. The molecule has 2 N–H and O–H groups in total. The van der Waals surface area contributed by atoms with Crippen molar-refractivity contribution in [3.05, 3.63) is 60.2 Å². The molecule has 3 aromatic rings. The third kappa shape index (κ3) is 3.15. The molecule has 6 nitrogen and oxygen atoms in total. The summed E-state index contributed by atoms with van der Waals surface area (Å²) in [6.07, 6.45) is 6.28. The highest BCUT2D eigenvalue weighted by molar-refractivity contribution is 5.90. The van der Waals surface area contributed by atoms with E-state index in [1.54, 1.807) is 10.9 Å². The standard InChI is InChI=1S/C17H17N5O/c23-16(20-17-18-11-15(19-17)12-6-7-12)10-13-8-9-22(21-13)14-4-2-1-3-5-14/h1-5,8-9,11-12H,6-7,10H2,(H2,18,19,20,23). The average Bonchev–Trinajstić information content (AvgIpc) is 3.14. The van der Waals surface area contributed by atoms with Crippen molar-refractivity contribution in [1.29, 1.82) is 0 Å². The van der Waals surface area contributed by atoms with E-state index in [1.807, 2.05) is 42.6 Å². The van der Waals surface area contributed by atoms with E-state index in [0.29, 0.717) is 11.9 Å². The van der Waals surface area contributed by atoms with Crippen molar-refractivity contribution in [2.24, 2.45) is 0 Å². The molecule has 0 aliphatic heterocycles. The first-order valence-corrected chi connectivity index (χ1v) is 7.72. The van der Waals surface area contributed by atoms with E-state index in [0.717, 1.165) is 17.1 Å². The average molecular weight is 307 g/mol. The lowest BCUT2D eigenvalue weighted by Crippen LogP contribution is -2.15. The van der Waals surface area contributed by atoms with E-state index in [1.165, 1.54) is 12.8 Å². The zero-order chi connectivity index (χ0) is 15.6. The predicted octanol–water partition coefficient (Wildman–Crippen LogP) is 2.65. The smallest absolute Gasteiger partial charge is 0.232 e. The molecule has 1 saturated carbocycles. The number of amides is 1. The zero-order valence-corrected chi connectivity index (χ0v) is 12.6. The second kappa shape index (κ2) is 5.72. The van der Waals surface area contributed by atoms with Crippen LogP contribution in [-0.2, 0) is 11.2 Å². The van der Waals surface area contributed by atoms with Gasteiger partial charge in [0.15, 0.2) is 0 Å². The number of nitrogens with one attached hydrogen (secondary N) is 2. The van der Waals surface area contributed by atoms with Crippen molar-refractivity contribution >= 4 is 11.9 Å². The third-order valence-corrected chi connectivity index (χ3v) is 3.88. The minimum atomic E-state index is -0.125. The van der Waals surface area contributed by atoms with E-state index in [-0.39, 0.29) is 12.3 Å². The molecule has 4 rings (SSSR count). The lowest BCUT2D eigenvalue weighted by Gasteiger charge is -2.01. The van der Waals surface area contributed by atoms with Gasteiger partial charge in [0, 0.05) is 17.8 Å². The Morgan fingerprint density at radius 3 is 2.87 bits per heavy atom. The summed E-state index contributed by atoms with van der Waals surface area (Å²) in [5.74, 6) is 0.981. The molecule has 116 valence electrons. The highest BCUT2D eigenvalue weighted by Crippen LogP contribution is 2.39. The van der Waals surface area contributed by atoms with Crippen LogP contribution in [0.2, 0.25) is 0 Å². The number of H-pyrrole nitrogens is 1. The van der Waals surface area contributed by atoms with Crippen molar-refractivity contribution in [2.75, 3.05) is 5.32 Å². The molecule has 23 heavy (non-hydrogen) atoms. The van der Waals surface area contributed by atoms with Crippen LogP contribution < -0.4 is 5.32 Å². The number of para-hydroxylation sites is 1. The largest absolute Gasteiger partial charge is 0.328 e. The molecule has 0 spiro atoms. The van der Waals surface area contributed by atoms with Gasteiger partial charge in [-0.1, -0.05) is 18.2 Å². The van der Waals surface area contributed by atoms with E-state index in [2.05, 4.69) is 20.4 Å². The summed E-state index contributed by atoms with van der Waals surface area (Å²) in [5, 5.41) is 7.22. The van der Waals surface area contributed by atoms with Gasteiger partial charge in [-0.05, 0) is 31.0 Å². The van der Waals surface area contributed by atoms with Crippen molar-refractivity contribution < 1.29 is 4.79 Å². The van der Waals surface area contributed by atoms with Crippen molar-refractivity contribution in [1.82, 2.24) is 19.7 Å². The monoisotopic (exact) mass is 307 g/mol.